The van der Waals surface area contributed by atoms with Gasteiger partial charge in [-0.25, -0.2) is 0 Å². The molecule has 0 bridgehead atoms. The fourth-order valence-electron chi connectivity index (χ4n) is 2.74. The number of amides is 1. The van der Waals surface area contributed by atoms with Gasteiger partial charge in [-0.05, 0) is 53.6 Å². The highest BCUT2D eigenvalue weighted by Crippen LogP contribution is 2.23. The minimum atomic E-state index is -0.468. The lowest BCUT2D eigenvalue weighted by Crippen LogP contribution is -2.28. The van der Waals surface area contributed by atoms with E-state index in [1.807, 2.05) is 24.3 Å². The van der Waals surface area contributed by atoms with Crippen molar-refractivity contribution in [2.45, 2.75) is 13.1 Å². The van der Waals surface area contributed by atoms with Crippen molar-refractivity contribution in [2.75, 3.05) is 0 Å². The van der Waals surface area contributed by atoms with Crippen LogP contribution in [0.2, 0.25) is 10.0 Å². The molecule has 3 rings (SSSR count). The lowest BCUT2D eigenvalue weighted by atomic mass is 10.1. The molecule has 6 nitrogen and oxygen atoms in total. The van der Waals surface area contributed by atoms with Crippen LogP contribution in [0.25, 0.3) is 6.08 Å². The molecule has 0 aliphatic heterocycles. The highest BCUT2D eigenvalue weighted by molar-refractivity contribution is 6.42. The molecule has 0 spiro atoms. The van der Waals surface area contributed by atoms with Crippen LogP contribution in [0.5, 0.6) is 0 Å². The quantitative estimate of drug-likeness (QED) is 0.274. The van der Waals surface area contributed by atoms with E-state index >= 15 is 0 Å². The van der Waals surface area contributed by atoms with Gasteiger partial charge in [0.05, 0.1) is 27.2 Å². The average molecular weight is 442 g/mol. The summed E-state index contributed by atoms with van der Waals surface area (Å²) in [5, 5.41) is 11.6. The third-order valence-electron chi connectivity index (χ3n) is 4.27. The maximum atomic E-state index is 12.9. The molecule has 0 N–H and O–H groups in total. The molecule has 1 amide bonds. The fraction of sp³-hybridized carbons (Fsp3) is 0.0909. The second-order valence-corrected chi connectivity index (χ2v) is 7.26. The van der Waals surface area contributed by atoms with Crippen LogP contribution in [-0.2, 0) is 17.9 Å². The number of hydrogen-bond acceptors (Lipinski definition) is 4. The number of rotatable bonds is 7. The van der Waals surface area contributed by atoms with Crippen LogP contribution in [0.15, 0.2) is 72.9 Å². The molecule has 0 aliphatic carbocycles. The molecule has 152 valence electrons. The van der Waals surface area contributed by atoms with Crippen molar-refractivity contribution in [3.63, 3.8) is 0 Å². The zero-order valence-corrected chi connectivity index (χ0v) is 17.3. The van der Waals surface area contributed by atoms with Crippen LogP contribution in [-0.4, -0.2) is 20.7 Å². The van der Waals surface area contributed by atoms with Crippen LogP contribution in [0.3, 0.4) is 0 Å². The van der Waals surface area contributed by atoms with E-state index in [1.165, 1.54) is 18.2 Å². The van der Waals surface area contributed by atoms with Gasteiger partial charge in [0.25, 0.3) is 5.69 Å². The Bertz CT molecular complexity index is 1070. The van der Waals surface area contributed by atoms with Gasteiger partial charge in [-0.2, -0.15) is 0 Å². The molecular weight excluding hydrogens is 425 g/mol. The second-order valence-electron chi connectivity index (χ2n) is 6.45. The van der Waals surface area contributed by atoms with Gasteiger partial charge in [0.2, 0.25) is 5.91 Å². The standard InChI is InChI=1S/C22H17Cl2N3O3/c23-20-10-6-17(13-21(20)24)14-26(15-18-3-1-2-12-25-18)22(28)11-7-16-4-8-19(9-5-16)27(29)30/h1-13H,14-15H2/b11-7+. The van der Waals surface area contributed by atoms with Gasteiger partial charge in [-0.15, -0.1) is 0 Å². The maximum Gasteiger partial charge on any atom is 0.269 e. The van der Waals surface area contributed by atoms with Crippen molar-refractivity contribution in [1.82, 2.24) is 9.88 Å². The van der Waals surface area contributed by atoms with E-state index in [2.05, 4.69) is 4.98 Å². The Morgan fingerprint density at radius 2 is 1.80 bits per heavy atom. The number of non-ortho nitro benzene ring substituents is 1. The molecule has 30 heavy (non-hydrogen) atoms. The van der Waals surface area contributed by atoms with Crippen LogP contribution in [0.1, 0.15) is 16.8 Å². The normalized spacial score (nSPS) is 10.9. The Morgan fingerprint density at radius 1 is 1.03 bits per heavy atom. The Morgan fingerprint density at radius 3 is 2.43 bits per heavy atom. The van der Waals surface area contributed by atoms with Crippen molar-refractivity contribution in [2.24, 2.45) is 0 Å². The number of nitrogens with zero attached hydrogens (tertiary/aromatic N) is 3. The first-order valence-electron chi connectivity index (χ1n) is 8.97. The summed E-state index contributed by atoms with van der Waals surface area (Å²) in [5.41, 5.74) is 2.25. The van der Waals surface area contributed by atoms with E-state index in [-0.39, 0.29) is 11.6 Å². The molecule has 8 heteroatoms. The smallest absolute Gasteiger partial charge is 0.269 e. The molecule has 0 unspecified atom stereocenters. The van der Waals surface area contributed by atoms with Crippen molar-refractivity contribution in [3.05, 3.63) is 110 Å². The summed E-state index contributed by atoms with van der Waals surface area (Å²) in [6, 6.07) is 16.7. The van der Waals surface area contributed by atoms with Gasteiger partial charge >= 0.3 is 0 Å². The van der Waals surface area contributed by atoms with Gasteiger partial charge in [-0.1, -0.05) is 35.3 Å². The summed E-state index contributed by atoms with van der Waals surface area (Å²) in [6.45, 7) is 0.626. The van der Waals surface area contributed by atoms with Gasteiger partial charge in [0, 0.05) is 31.0 Å². The zero-order valence-electron chi connectivity index (χ0n) is 15.7. The topological polar surface area (TPSA) is 76.3 Å². The minimum Gasteiger partial charge on any atom is -0.329 e. The number of aromatic nitrogens is 1. The second kappa shape index (κ2) is 10.0. The lowest BCUT2D eigenvalue weighted by Gasteiger charge is -2.21. The predicted octanol–water partition coefficient (Wildman–Crippen LogP) is 5.54. The highest BCUT2D eigenvalue weighted by Gasteiger charge is 2.14. The van der Waals surface area contributed by atoms with Gasteiger partial charge in [-0.3, -0.25) is 19.9 Å². The number of halogens is 2. The van der Waals surface area contributed by atoms with Crippen LogP contribution in [0, 0.1) is 10.1 Å². The van der Waals surface area contributed by atoms with E-state index in [1.54, 1.807) is 41.4 Å². The first-order valence-corrected chi connectivity index (χ1v) is 9.73. The summed E-state index contributed by atoms with van der Waals surface area (Å²) in [4.78, 5) is 29.1. The maximum absolute atomic E-state index is 12.9. The molecule has 0 atom stereocenters. The summed E-state index contributed by atoms with van der Waals surface area (Å²) in [7, 11) is 0. The van der Waals surface area contributed by atoms with E-state index in [9.17, 15) is 14.9 Å². The summed E-state index contributed by atoms with van der Waals surface area (Å²) in [5.74, 6) is -0.231. The number of benzene rings is 2. The third-order valence-corrected chi connectivity index (χ3v) is 5.01. The van der Waals surface area contributed by atoms with Crippen molar-refractivity contribution in [1.29, 1.82) is 0 Å². The Labute approximate surface area is 183 Å². The van der Waals surface area contributed by atoms with Crippen LogP contribution < -0.4 is 0 Å². The molecule has 0 radical (unpaired) electrons. The number of pyridine rings is 1. The van der Waals surface area contributed by atoms with Crippen molar-refractivity contribution < 1.29 is 9.72 Å². The predicted molar refractivity (Wildman–Crippen MR) is 117 cm³/mol. The van der Waals surface area contributed by atoms with Crippen molar-refractivity contribution in [3.8, 4) is 0 Å². The average Bonchev–Trinajstić information content (AvgIpc) is 2.75. The summed E-state index contributed by atoms with van der Waals surface area (Å²) < 4.78 is 0. The molecule has 0 saturated heterocycles. The van der Waals surface area contributed by atoms with E-state index < -0.39 is 4.92 Å². The van der Waals surface area contributed by atoms with E-state index in [4.69, 9.17) is 23.2 Å². The van der Waals surface area contributed by atoms with Crippen molar-refractivity contribution >= 4 is 40.9 Å². The zero-order chi connectivity index (χ0) is 21.5. The summed E-state index contributed by atoms with van der Waals surface area (Å²) in [6.07, 6.45) is 4.72. The SMILES string of the molecule is O=C(/C=C/c1ccc([N+](=O)[O-])cc1)N(Cc1ccc(Cl)c(Cl)c1)Cc1ccccn1. The summed E-state index contributed by atoms with van der Waals surface area (Å²) >= 11 is 12.1. The van der Waals surface area contributed by atoms with Crippen LogP contribution in [0.4, 0.5) is 5.69 Å². The Kier molecular flexibility index (Phi) is 7.17. The number of carbonyl (C=O) groups excluding carboxylic acids is 1. The van der Waals surface area contributed by atoms with Gasteiger partial charge < -0.3 is 4.90 Å². The largest absolute Gasteiger partial charge is 0.329 e. The monoisotopic (exact) mass is 441 g/mol. The molecule has 0 fully saturated rings. The Balaban J connectivity index is 1.79. The Hall–Kier alpha value is -3.22. The number of carbonyl (C=O) groups is 1. The first-order chi connectivity index (χ1) is 14.4. The third kappa shape index (κ3) is 5.89. The molecule has 0 aliphatic rings. The lowest BCUT2D eigenvalue weighted by molar-refractivity contribution is -0.384. The number of nitro groups is 1. The first kappa shape index (κ1) is 21.5. The molecule has 1 heterocycles. The van der Waals surface area contributed by atoms with E-state index in [0.29, 0.717) is 28.7 Å². The molecule has 3 aromatic rings. The van der Waals surface area contributed by atoms with Gasteiger partial charge in [0.15, 0.2) is 0 Å². The number of hydrogen-bond donors (Lipinski definition) is 0. The molecule has 2 aromatic carbocycles. The molecule has 0 saturated carbocycles. The van der Waals surface area contributed by atoms with Gasteiger partial charge in [0.1, 0.15) is 0 Å². The van der Waals surface area contributed by atoms with E-state index in [0.717, 1.165) is 11.3 Å². The highest BCUT2D eigenvalue weighted by atomic mass is 35.5. The molecule has 1 aromatic heterocycles. The molecular formula is C22H17Cl2N3O3. The number of nitro benzene ring substituents is 1. The fourth-order valence-corrected chi connectivity index (χ4v) is 3.06. The van der Waals surface area contributed by atoms with Crippen LogP contribution >= 0.6 is 23.2 Å². The minimum absolute atomic E-state index is 0.00475.